The van der Waals surface area contributed by atoms with Gasteiger partial charge in [0.15, 0.2) is 0 Å². The van der Waals surface area contributed by atoms with Crippen molar-refractivity contribution < 1.29 is 31.9 Å². The number of carbonyl (C=O) groups excluding carboxylic acids is 3. The number of nitrogens with one attached hydrogen (secondary N) is 1. The van der Waals surface area contributed by atoms with E-state index in [0.29, 0.717) is 25.7 Å². The second-order valence-corrected chi connectivity index (χ2v) is 8.38. The molecule has 3 unspecified atom stereocenters. The zero-order valence-corrected chi connectivity index (χ0v) is 16.7. The molecule has 4 amide bonds. The van der Waals surface area contributed by atoms with Crippen LogP contribution in [0.5, 0.6) is 0 Å². The number of imide groups is 1. The third-order valence-electron chi connectivity index (χ3n) is 6.42. The number of alkyl halides is 4. The molecule has 31 heavy (non-hydrogen) atoms. The lowest BCUT2D eigenvalue weighted by Gasteiger charge is -2.45. The highest BCUT2D eigenvalue weighted by Gasteiger charge is 2.47. The highest BCUT2D eigenvalue weighted by molar-refractivity contribution is 5.99. The zero-order chi connectivity index (χ0) is 22.3. The summed E-state index contributed by atoms with van der Waals surface area (Å²) in [6.45, 7) is 0.410. The van der Waals surface area contributed by atoms with Crippen LogP contribution in [0.25, 0.3) is 0 Å². The van der Waals surface area contributed by atoms with Gasteiger partial charge in [-0.05, 0) is 50.3 Å². The molecule has 10 heteroatoms. The molecule has 3 atom stereocenters. The summed E-state index contributed by atoms with van der Waals surface area (Å²) < 4.78 is 52.6. The Labute approximate surface area is 176 Å². The van der Waals surface area contributed by atoms with Gasteiger partial charge in [0.05, 0.1) is 11.5 Å². The fourth-order valence-corrected chi connectivity index (χ4v) is 4.76. The van der Waals surface area contributed by atoms with Gasteiger partial charge in [0.1, 0.15) is 6.17 Å². The van der Waals surface area contributed by atoms with Crippen LogP contribution in [0.4, 0.5) is 22.4 Å². The molecule has 3 aliphatic rings. The average molecular weight is 441 g/mol. The first kappa shape index (κ1) is 21.6. The summed E-state index contributed by atoms with van der Waals surface area (Å²) in [5.41, 5.74) is -0.948. The summed E-state index contributed by atoms with van der Waals surface area (Å²) in [4.78, 5) is 40.7. The minimum absolute atomic E-state index is 0.0564. The van der Waals surface area contributed by atoms with Gasteiger partial charge in [-0.2, -0.15) is 13.2 Å². The first-order valence-electron chi connectivity index (χ1n) is 10.4. The van der Waals surface area contributed by atoms with E-state index in [1.165, 1.54) is 17.0 Å². The van der Waals surface area contributed by atoms with Crippen LogP contribution in [0.3, 0.4) is 0 Å². The van der Waals surface area contributed by atoms with Crippen LogP contribution >= 0.6 is 0 Å². The Hall–Kier alpha value is -2.65. The third-order valence-corrected chi connectivity index (χ3v) is 6.42. The predicted molar refractivity (Wildman–Crippen MR) is 102 cm³/mol. The molecule has 0 aromatic heterocycles. The number of rotatable bonds is 2. The fraction of sp³-hybridized carbons (Fsp3) is 0.571. The molecule has 0 spiro atoms. The summed E-state index contributed by atoms with van der Waals surface area (Å²) in [5.74, 6) is -1.48. The number of likely N-dealkylation sites (tertiary alicyclic amines) is 1. The van der Waals surface area contributed by atoms with Crippen LogP contribution in [-0.4, -0.2) is 59.0 Å². The monoisotopic (exact) mass is 441 g/mol. The lowest BCUT2D eigenvalue weighted by Crippen LogP contribution is -2.65. The Morgan fingerprint density at radius 3 is 2.45 bits per heavy atom. The lowest BCUT2D eigenvalue weighted by atomic mass is 9.80. The molecule has 3 fully saturated rings. The standard InChI is InChI=1S/C21H23F4N3O3/c22-14-4-5-17-16(11-14)19(30)28(20(31)26-17)15-6-8-27(9-7-15)18(29)12-2-1-3-13(10-12)21(23,24)25/h1-3,10,14-17H,4-9,11H2,(H,26,31). The van der Waals surface area contributed by atoms with Crippen LogP contribution in [-0.2, 0) is 11.0 Å². The van der Waals surface area contributed by atoms with Crippen molar-refractivity contribution >= 4 is 17.8 Å². The Bertz CT molecular complexity index is 883. The van der Waals surface area contributed by atoms with Gasteiger partial charge in [-0.3, -0.25) is 14.5 Å². The molecular formula is C21H23F4N3O3. The third kappa shape index (κ3) is 4.24. The first-order valence-corrected chi connectivity index (χ1v) is 10.4. The molecule has 1 aromatic carbocycles. The maximum absolute atomic E-state index is 13.8. The summed E-state index contributed by atoms with van der Waals surface area (Å²) in [7, 11) is 0. The van der Waals surface area contributed by atoms with Crippen LogP contribution < -0.4 is 5.32 Å². The lowest BCUT2D eigenvalue weighted by molar-refractivity contribution is -0.140. The number of fused-ring (bicyclic) bond motifs is 1. The molecule has 6 nitrogen and oxygen atoms in total. The maximum atomic E-state index is 13.8. The van der Waals surface area contributed by atoms with Gasteiger partial charge >= 0.3 is 12.2 Å². The van der Waals surface area contributed by atoms with Gasteiger partial charge in [0, 0.05) is 30.7 Å². The van der Waals surface area contributed by atoms with Crippen molar-refractivity contribution in [3.63, 3.8) is 0 Å². The van der Waals surface area contributed by atoms with Crippen molar-refractivity contribution in [3.8, 4) is 0 Å². The van der Waals surface area contributed by atoms with Gasteiger partial charge in [-0.15, -0.1) is 0 Å². The number of urea groups is 1. The number of carbonyl (C=O) groups is 3. The van der Waals surface area contributed by atoms with Gasteiger partial charge in [0.2, 0.25) is 5.91 Å². The van der Waals surface area contributed by atoms with Crippen molar-refractivity contribution in [2.24, 2.45) is 5.92 Å². The number of amides is 4. The Kier molecular flexibility index (Phi) is 5.65. The fourth-order valence-electron chi connectivity index (χ4n) is 4.76. The van der Waals surface area contributed by atoms with E-state index in [1.807, 2.05) is 0 Å². The molecule has 168 valence electrons. The minimum atomic E-state index is -4.54. The van der Waals surface area contributed by atoms with Gasteiger partial charge in [0.25, 0.3) is 5.91 Å². The van der Waals surface area contributed by atoms with Crippen molar-refractivity contribution in [1.82, 2.24) is 15.1 Å². The second-order valence-electron chi connectivity index (χ2n) is 8.38. The Balaban J connectivity index is 1.41. The molecule has 2 saturated heterocycles. The van der Waals surface area contributed by atoms with E-state index in [4.69, 9.17) is 0 Å². The molecular weight excluding hydrogens is 418 g/mol. The smallest absolute Gasteiger partial charge is 0.338 e. The second kappa shape index (κ2) is 8.12. The predicted octanol–water partition coefficient (Wildman–Crippen LogP) is 3.37. The number of benzene rings is 1. The minimum Gasteiger partial charge on any atom is -0.338 e. The Morgan fingerprint density at radius 2 is 1.77 bits per heavy atom. The topological polar surface area (TPSA) is 69.7 Å². The van der Waals surface area contributed by atoms with E-state index in [0.717, 1.165) is 17.0 Å². The van der Waals surface area contributed by atoms with E-state index in [-0.39, 0.29) is 37.0 Å². The number of nitrogens with zero attached hydrogens (tertiary/aromatic N) is 2. The number of halogens is 4. The Morgan fingerprint density at radius 1 is 1.06 bits per heavy atom. The first-order chi connectivity index (χ1) is 14.6. The summed E-state index contributed by atoms with van der Waals surface area (Å²) in [5, 5.41) is 2.81. The van der Waals surface area contributed by atoms with Gasteiger partial charge in [-0.25, -0.2) is 9.18 Å². The van der Waals surface area contributed by atoms with E-state index in [9.17, 15) is 31.9 Å². The van der Waals surface area contributed by atoms with Gasteiger partial charge < -0.3 is 10.2 Å². The molecule has 1 aromatic rings. The molecule has 1 saturated carbocycles. The molecule has 0 bridgehead atoms. The van der Waals surface area contributed by atoms with Crippen molar-refractivity contribution in [1.29, 1.82) is 0 Å². The van der Waals surface area contributed by atoms with E-state index >= 15 is 0 Å². The van der Waals surface area contributed by atoms with E-state index < -0.39 is 41.8 Å². The number of hydrogen-bond donors (Lipinski definition) is 1. The normalized spacial score (nSPS) is 27.7. The van der Waals surface area contributed by atoms with Crippen LogP contribution in [0.1, 0.15) is 48.0 Å². The van der Waals surface area contributed by atoms with Crippen LogP contribution in [0.2, 0.25) is 0 Å². The summed E-state index contributed by atoms with van der Waals surface area (Å²) in [6, 6.07) is 2.99. The number of hydrogen-bond acceptors (Lipinski definition) is 3. The SMILES string of the molecule is O=C(c1cccc(C(F)(F)F)c1)N1CCC(N2C(=O)NC3CCC(F)CC3C2=O)CC1. The highest BCUT2D eigenvalue weighted by atomic mass is 19.4. The highest BCUT2D eigenvalue weighted by Crippen LogP contribution is 2.34. The average Bonchev–Trinajstić information content (AvgIpc) is 2.74. The molecule has 4 rings (SSSR count). The molecule has 2 aliphatic heterocycles. The van der Waals surface area contributed by atoms with E-state index in [1.54, 1.807) is 0 Å². The molecule has 1 aliphatic carbocycles. The van der Waals surface area contributed by atoms with Crippen molar-refractivity contribution in [2.45, 2.75) is 56.5 Å². The molecule has 2 heterocycles. The maximum Gasteiger partial charge on any atom is 0.416 e. The van der Waals surface area contributed by atoms with Crippen molar-refractivity contribution in [2.75, 3.05) is 13.1 Å². The van der Waals surface area contributed by atoms with E-state index in [2.05, 4.69) is 5.32 Å². The zero-order valence-electron chi connectivity index (χ0n) is 16.7. The van der Waals surface area contributed by atoms with Gasteiger partial charge in [-0.1, -0.05) is 6.07 Å². The van der Waals surface area contributed by atoms with Crippen LogP contribution in [0, 0.1) is 5.92 Å². The van der Waals surface area contributed by atoms with Crippen molar-refractivity contribution in [3.05, 3.63) is 35.4 Å². The summed E-state index contributed by atoms with van der Waals surface area (Å²) in [6.07, 6.45) is -4.12. The molecule has 0 radical (unpaired) electrons. The largest absolute Gasteiger partial charge is 0.416 e. The number of piperidine rings is 1. The summed E-state index contributed by atoms with van der Waals surface area (Å²) >= 11 is 0. The van der Waals surface area contributed by atoms with Crippen LogP contribution in [0.15, 0.2) is 24.3 Å². The molecule has 1 N–H and O–H groups in total. The quantitative estimate of drug-likeness (QED) is 0.716.